The second kappa shape index (κ2) is 15.4. The molecule has 0 fully saturated rings. The number of benzene rings is 14. The van der Waals surface area contributed by atoms with Crippen molar-refractivity contribution in [3.8, 4) is 22.3 Å². The van der Waals surface area contributed by atoms with Crippen molar-refractivity contribution in [2.24, 2.45) is 0 Å². The first kappa shape index (κ1) is 42.5. The van der Waals surface area contributed by atoms with E-state index < -0.39 is 0 Å². The van der Waals surface area contributed by atoms with Gasteiger partial charge in [0.25, 0.3) is 0 Å². The molecular formula is C74H44N2OS. The van der Waals surface area contributed by atoms with E-state index in [0.29, 0.717) is 0 Å². The van der Waals surface area contributed by atoms with Gasteiger partial charge in [-0.15, -0.1) is 11.3 Å². The van der Waals surface area contributed by atoms with Gasteiger partial charge >= 0.3 is 0 Å². The van der Waals surface area contributed by atoms with E-state index in [9.17, 15) is 0 Å². The third kappa shape index (κ3) is 5.32. The van der Waals surface area contributed by atoms with E-state index in [2.05, 4.69) is 239 Å². The Morgan fingerprint density at radius 1 is 0.256 bits per heavy atom. The number of aromatic nitrogens is 2. The van der Waals surface area contributed by atoms with Crippen LogP contribution in [-0.4, -0.2) is 8.80 Å². The molecule has 78 heavy (non-hydrogen) atoms. The van der Waals surface area contributed by atoms with E-state index in [-0.39, 0.29) is 0 Å². The molecule has 3 nitrogen and oxygen atoms in total. The van der Waals surface area contributed by atoms with E-state index in [1.165, 1.54) is 162 Å². The van der Waals surface area contributed by atoms with Gasteiger partial charge in [-0.05, 0) is 113 Å². The number of pyridine rings is 4. The molecule has 0 radical (unpaired) electrons. The molecule has 0 atom stereocenters. The van der Waals surface area contributed by atoms with Crippen molar-refractivity contribution in [3.63, 3.8) is 0 Å². The van der Waals surface area contributed by atoms with Crippen molar-refractivity contribution in [2.75, 3.05) is 0 Å². The van der Waals surface area contributed by atoms with Gasteiger partial charge in [0.15, 0.2) is 11.2 Å². The van der Waals surface area contributed by atoms with Crippen molar-refractivity contribution in [2.45, 2.75) is 13.8 Å². The Bertz CT molecular complexity index is 5510. The average molecular weight is 1010 g/mol. The average Bonchev–Trinajstić information content (AvgIpc) is 3.57. The molecule has 4 heteroatoms. The standard InChI is InChI=1S/C40H21NO.C32H17NS.C2H6/c1-2-10-22(11-3-1)23-20-32-28-18-8-16-26-24-12-4-6-14-30(24)39-37(34(26)28)41-36(32)33(21-23)29-19-9-17-27-25-13-5-7-15-31(25)40(42-39)38(41)35(27)29;1-2-6-18(7-3-1)21-16-24-22-10-4-8-19-12-14-26-31(28(19)22)33-30(24)25(17-21)23-11-5-9-20-13-15-27(34-26)32(33)29(20)23;1-2/h1-21H;1-17H;1-2H3. The quantitative estimate of drug-likeness (QED) is 0.125. The summed E-state index contributed by atoms with van der Waals surface area (Å²) >= 11 is 1.91. The molecule has 362 valence electrons. The van der Waals surface area contributed by atoms with Crippen LogP contribution in [0, 0.1) is 0 Å². The Morgan fingerprint density at radius 2 is 0.590 bits per heavy atom. The molecule has 20 rings (SSSR count). The molecule has 0 aliphatic carbocycles. The predicted molar refractivity (Wildman–Crippen MR) is 337 cm³/mol. The zero-order chi connectivity index (χ0) is 51.1. The van der Waals surface area contributed by atoms with Gasteiger partial charge in [-0.25, -0.2) is 0 Å². The molecule has 6 aromatic heterocycles. The highest BCUT2D eigenvalue weighted by molar-refractivity contribution is 7.24. The van der Waals surface area contributed by atoms with Gasteiger partial charge in [-0.3, -0.25) is 0 Å². The summed E-state index contributed by atoms with van der Waals surface area (Å²) in [7, 11) is 0. The fraction of sp³-hybridized carbons (Fsp3) is 0.0270. The lowest BCUT2D eigenvalue weighted by Gasteiger charge is -2.25. The molecule has 0 aliphatic heterocycles. The summed E-state index contributed by atoms with van der Waals surface area (Å²) in [6.07, 6.45) is 0. The summed E-state index contributed by atoms with van der Waals surface area (Å²) in [5, 5.41) is 25.6. The maximum atomic E-state index is 7.17. The SMILES string of the molecule is CC.c1ccc(-c2cc3c4cccc5c6ccccc6c6oc7c8ccccc8c8cccc9c(c2)c3n(c6c54)c7c89)cc1.c1ccc(-c2cc3c4cccc5ccc6sc7ccc8cccc9c(c2)c3n(c6c54)c7c89)cc1. The summed E-state index contributed by atoms with van der Waals surface area (Å²) in [5.41, 5.74) is 14.5. The summed E-state index contributed by atoms with van der Waals surface area (Å²) in [6, 6.07) is 85.0. The van der Waals surface area contributed by atoms with E-state index in [4.69, 9.17) is 4.42 Å². The maximum absolute atomic E-state index is 7.17. The van der Waals surface area contributed by atoms with Crippen LogP contribution in [0.3, 0.4) is 0 Å². The van der Waals surface area contributed by atoms with Crippen LogP contribution in [0.1, 0.15) is 13.8 Å². The summed E-state index contributed by atoms with van der Waals surface area (Å²) in [6.45, 7) is 4.00. The van der Waals surface area contributed by atoms with Gasteiger partial charge in [-0.1, -0.05) is 208 Å². The Labute approximate surface area is 449 Å². The molecule has 6 heterocycles. The van der Waals surface area contributed by atoms with Crippen LogP contribution in [-0.2, 0) is 0 Å². The molecule has 0 spiro atoms. The minimum atomic E-state index is 0.950. The molecule has 20 aromatic rings. The van der Waals surface area contributed by atoms with Crippen molar-refractivity contribution in [1.29, 1.82) is 0 Å². The minimum absolute atomic E-state index is 0.950. The maximum Gasteiger partial charge on any atom is 0.160 e. The molecule has 0 bridgehead atoms. The Kier molecular flexibility index (Phi) is 8.41. The van der Waals surface area contributed by atoms with Crippen molar-refractivity contribution in [3.05, 3.63) is 231 Å². The van der Waals surface area contributed by atoms with Gasteiger partial charge in [-0.2, -0.15) is 0 Å². The van der Waals surface area contributed by atoms with Crippen LogP contribution in [0.4, 0.5) is 0 Å². The lowest BCUT2D eigenvalue weighted by atomic mass is 9.88. The molecule has 0 amide bonds. The number of nitrogens with zero attached hydrogens (tertiary/aromatic N) is 2. The fourth-order valence-corrected chi connectivity index (χ4v) is 15.3. The first-order valence-corrected chi connectivity index (χ1v) is 28.1. The smallest absolute Gasteiger partial charge is 0.160 e. The summed E-state index contributed by atoms with van der Waals surface area (Å²) in [5.74, 6) is 0. The van der Waals surface area contributed by atoms with Crippen LogP contribution in [0.15, 0.2) is 235 Å². The molecule has 0 saturated heterocycles. The van der Waals surface area contributed by atoms with Crippen LogP contribution in [0.25, 0.3) is 184 Å². The zero-order valence-corrected chi connectivity index (χ0v) is 43.5. The number of hydrogen-bond donors (Lipinski definition) is 0. The van der Waals surface area contributed by atoms with Crippen molar-refractivity contribution in [1.82, 2.24) is 8.80 Å². The van der Waals surface area contributed by atoms with Gasteiger partial charge in [0.1, 0.15) is 0 Å². The summed E-state index contributed by atoms with van der Waals surface area (Å²) < 4.78 is 15.0. The predicted octanol–water partition coefficient (Wildman–Crippen LogP) is 21.8. The van der Waals surface area contributed by atoms with Crippen LogP contribution >= 0.6 is 11.3 Å². The second-order valence-corrected chi connectivity index (χ2v) is 22.1. The van der Waals surface area contributed by atoms with Gasteiger partial charge in [0.05, 0.1) is 42.5 Å². The molecular weight excluding hydrogens is 965 g/mol. The fourth-order valence-electron chi connectivity index (χ4n) is 14.3. The molecule has 14 aromatic carbocycles. The first-order valence-electron chi connectivity index (χ1n) is 27.2. The van der Waals surface area contributed by atoms with Gasteiger partial charge in [0, 0.05) is 53.9 Å². The van der Waals surface area contributed by atoms with E-state index in [1.807, 2.05) is 25.2 Å². The number of hydrogen-bond acceptors (Lipinski definition) is 2. The monoisotopic (exact) mass is 1010 g/mol. The molecule has 0 unspecified atom stereocenters. The highest BCUT2D eigenvalue weighted by Crippen LogP contribution is 2.52. The van der Waals surface area contributed by atoms with E-state index in [0.717, 1.165) is 21.9 Å². The largest absolute Gasteiger partial charge is 0.452 e. The topological polar surface area (TPSA) is 22.0 Å². The Morgan fingerprint density at radius 3 is 1.01 bits per heavy atom. The van der Waals surface area contributed by atoms with Crippen LogP contribution in [0.2, 0.25) is 0 Å². The third-order valence-corrected chi connectivity index (χ3v) is 18.4. The Hall–Kier alpha value is -9.74. The lowest BCUT2D eigenvalue weighted by Crippen LogP contribution is -2.03. The van der Waals surface area contributed by atoms with Crippen LogP contribution < -0.4 is 0 Å². The van der Waals surface area contributed by atoms with Gasteiger partial charge in [0.2, 0.25) is 0 Å². The van der Waals surface area contributed by atoms with E-state index >= 15 is 0 Å². The van der Waals surface area contributed by atoms with Crippen molar-refractivity contribution < 1.29 is 4.42 Å². The zero-order valence-electron chi connectivity index (χ0n) is 42.7. The molecule has 0 aliphatic rings. The number of rotatable bonds is 2. The van der Waals surface area contributed by atoms with Crippen molar-refractivity contribution >= 4 is 173 Å². The van der Waals surface area contributed by atoms with E-state index in [1.54, 1.807) is 0 Å². The normalized spacial score (nSPS) is 12.5. The highest BCUT2D eigenvalue weighted by Gasteiger charge is 2.28. The van der Waals surface area contributed by atoms with Gasteiger partial charge < -0.3 is 13.2 Å². The van der Waals surface area contributed by atoms with Crippen LogP contribution in [0.5, 0.6) is 0 Å². The third-order valence-electron chi connectivity index (χ3n) is 17.3. The Balaban J connectivity index is 0.000000121. The molecule has 0 saturated carbocycles. The number of fused-ring (bicyclic) bond motifs is 10. The highest BCUT2D eigenvalue weighted by atomic mass is 32.1. The second-order valence-electron chi connectivity index (χ2n) is 21.0. The minimum Gasteiger partial charge on any atom is -0.452 e. The lowest BCUT2D eigenvalue weighted by molar-refractivity contribution is 0.664. The summed E-state index contributed by atoms with van der Waals surface area (Å²) in [4.78, 5) is 0. The molecule has 0 N–H and O–H groups in total. The first-order chi connectivity index (χ1) is 38.7.